The predicted octanol–water partition coefficient (Wildman–Crippen LogP) is 3.03. The molecule has 1 amide bonds. The summed E-state index contributed by atoms with van der Waals surface area (Å²) in [5.74, 6) is -0.206. The van der Waals surface area contributed by atoms with Crippen molar-refractivity contribution in [2.75, 3.05) is 0 Å². The molecule has 1 aromatic carbocycles. The molecule has 26 heavy (non-hydrogen) atoms. The van der Waals surface area contributed by atoms with Gasteiger partial charge in [-0.1, -0.05) is 0 Å². The molecule has 0 aliphatic carbocycles. The first-order valence-electron chi connectivity index (χ1n) is 7.89. The molecule has 4 rings (SSSR count). The first kappa shape index (κ1) is 15.9. The van der Waals surface area contributed by atoms with E-state index in [1.54, 1.807) is 35.3 Å². The van der Waals surface area contributed by atoms with Gasteiger partial charge in [-0.05, 0) is 42.8 Å². The van der Waals surface area contributed by atoms with Crippen molar-refractivity contribution in [2.45, 2.75) is 6.92 Å². The summed E-state index contributed by atoms with van der Waals surface area (Å²) in [5.41, 5.74) is 7.98. The second-order valence-corrected chi connectivity index (χ2v) is 5.88. The van der Waals surface area contributed by atoms with Crippen LogP contribution in [0.2, 0.25) is 0 Å². The van der Waals surface area contributed by atoms with Crippen molar-refractivity contribution in [3.8, 4) is 17.2 Å². The second kappa shape index (κ2) is 6.03. The topological polar surface area (TPSA) is 86.7 Å². The zero-order valence-corrected chi connectivity index (χ0v) is 13.8. The lowest BCUT2D eigenvalue weighted by molar-refractivity contribution is 0.0999. The summed E-state index contributed by atoms with van der Waals surface area (Å²) in [5, 5.41) is 0.738. The number of halogens is 1. The first-order chi connectivity index (χ1) is 12.5. The van der Waals surface area contributed by atoms with Gasteiger partial charge in [-0.2, -0.15) is 0 Å². The van der Waals surface area contributed by atoms with Crippen LogP contribution in [0.5, 0.6) is 0 Å². The molecule has 0 fully saturated rings. The minimum atomic E-state index is -0.639. The van der Waals surface area contributed by atoms with E-state index in [1.807, 2.05) is 13.0 Å². The Balaban J connectivity index is 2.00. The number of primary amides is 1. The molecule has 128 valence electrons. The Bertz CT molecular complexity index is 1140. The van der Waals surface area contributed by atoms with Crippen LogP contribution in [0, 0.1) is 12.7 Å². The average Bonchev–Trinajstić information content (AvgIpc) is 2.98. The highest BCUT2D eigenvalue weighted by atomic mass is 19.1. The SMILES string of the molecule is Cc1cn(-c2nc(-c3cccnc3)ncc2C(N)=O)c2ccc(F)cc12. The maximum Gasteiger partial charge on any atom is 0.254 e. The van der Waals surface area contributed by atoms with E-state index in [0.29, 0.717) is 17.2 Å². The van der Waals surface area contributed by atoms with E-state index in [2.05, 4.69) is 15.0 Å². The van der Waals surface area contributed by atoms with Gasteiger partial charge < -0.3 is 10.3 Å². The molecular formula is C19H14FN5O. The van der Waals surface area contributed by atoms with Crippen LogP contribution < -0.4 is 5.73 Å². The molecule has 2 N–H and O–H groups in total. The average molecular weight is 347 g/mol. The number of fused-ring (bicyclic) bond motifs is 1. The van der Waals surface area contributed by atoms with E-state index >= 15 is 0 Å². The standard InChI is InChI=1S/C19H14FN5O/c1-11-10-25(16-5-4-13(20)7-14(11)16)19-15(17(21)26)9-23-18(24-19)12-3-2-6-22-8-12/h2-10H,1H3,(H2,21,26). The summed E-state index contributed by atoms with van der Waals surface area (Å²) in [6.07, 6.45) is 6.49. The van der Waals surface area contributed by atoms with Crippen LogP contribution in [0.1, 0.15) is 15.9 Å². The highest BCUT2D eigenvalue weighted by Gasteiger charge is 2.17. The van der Waals surface area contributed by atoms with Crippen molar-refractivity contribution in [1.29, 1.82) is 0 Å². The monoisotopic (exact) mass is 347 g/mol. The van der Waals surface area contributed by atoms with Gasteiger partial charge in [0.05, 0.1) is 5.52 Å². The highest BCUT2D eigenvalue weighted by molar-refractivity contribution is 5.97. The molecule has 3 heterocycles. The Morgan fingerprint density at radius 3 is 2.81 bits per heavy atom. The third-order valence-electron chi connectivity index (χ3n) is 4.15. The number of carbonyl (C=O) groups is 1. The van der Waals surface area contributed by atoms with Gasteiger partial charge in [0.1, 0.15) is 11.4 Å². The van der Waals surface area contributed by atoms with Gasteiger partial charge in [0.15, 0.2) is 11.6 Å². The summed E-state index contributed by atoms with van der Waals surface area (Å²) in [4.78, 5) is 24.7. The number of nitrogens with zero attached hydrogens (tertiary/aromatic N) is 4. The Morgan fingerprint density at radius 1 is 1.23 bits per heavy atom. The molecule has 0 spiro atoms. The molecule has 0 saturated carbocycles. The Hall–Kier alpha value is -3.61. The van der Waals surface area contributed by atoms with Gasteiger partial charge >= 0.3 is 0 Å². The number of aryl methyl sites for hydroxylation is 1. The minimum Gasteiger partial charge on any atom is -0.365 e. The second-order valence-electron chi connectivity index (χ2n) is 5.88. The van der Waals surface area contributed by atoms with Gasteiger partial charge in [-0.3, -0.25) is 9.78 Å². The molecule has 0 aliphatic rings. The van der Waals surface area contributed by atoms with Gasteiger partial charge in [0.25, 0.3) is 5.91 Å². The maximum atomic E-state index is 13.6. The Morgan fingerprint density at radius 2 is 2.08 bits per heavy atom. The molecule has 3 aromatic heterocycles. The number of benzene rings is 1. The van der Waals surface area contributed by atoms with Crippen LogP contribution in [0.4, 0.5) is 4.39 Å². The number of hydrogen-bond acceptors (Lipinski definition) is 4. The van der Waals surface area contributed by atoms with Crippen molar-refractivity contribution < 1.29 is 9.18 Å². The van der Waals surface area contributed by atoms with Crippen molar-refractivity contribution in [3.05, 3.63) is 72.1 Å². The van der Waals surface area contributed by atoms with E-state index in [1.165, 1.54) is 18.3 Å². The quantitative estimate of drug-likeness (QED) is 0.617. The minimum absolute atomic E-state index is 0.180. The van der Waals surface area contributed by atoms with Crippen LogP contribution in [0.3, 0.4) is 0 Å². The fourth-order valence-electron chi connectivity index (χ4n) is 2.91. The maximum absolute atomic E-state index is 13.6. The molecule has 6 nitrogen and oxygen atoms in total. The highest BCUT2D eigenvalue weighted by Crippen LogP contribution is 2.27. The zero-order chi connectivity index (χ0) is 18.3. The Kier molecular flexibility index (Phi) is 3.69. The predicted molar refractivity (Wildman–Crippen MR) is 95.3 cm³/mol. The summed E-state index contributed by atoms with van der Waals surface area (Å²) < 4.78 is 15.3. The number of pyridine rings is 1. The van der Waals surface area contributed by atoms with Gasteiger partial charge in [-0.25, -0.2) is 14.4 Å². The molecule has 0 bridgehead atoms. The Labute approximate surface area is 148 Å². The number of carbonyl (C=O) groups excluding carboxylic acids is 1. The molecule has 0 aliphatic heterocycles. The van der Waals surface area contributed by atoms with Crippen LogP contribution in [-0.4, -0.2) is 25.4 Å². The molecule has 0 saturated heterocycles. The summed E-state index contributed by atoms with van der Waals surface area (Å²) >= 11 is 0. The first-order valence-corrected chi connectivity index (χ1v) is 7.89. The third kappa shape index (κ3) is 2.59. The van der Waals surface area contributed by atoms with Crippen molar-refractivity contribution in [2.24, 2.45) is 5.73 Å². The largest absolute Gasteiger partial charge is 0.365 e. The van der Waals surface area contributed by atoms with Crippen LogP contribution in [-0.2, 0) is 0 Å². The number of amides is 1. The van der Waals surface area contributed by atoms with E-state index < -0.39 is 5.91 Å². The van der Waals surface area contributed by atoms with Crippen LogP contribution >= 0.6 is 0 Å². The fourth-order valence-corrected chi connectivity index (χ4v) is 2.91. The fraction of sp³-hybridized carbons (Fsp3) is 0.0526. The number of hydrogen-bond donors (Lipinski definition) is 1. The summed E-state index contributed by atoms with van der Waals surface area (Å²) in [7, 11) is 0. The number of aromatic nitrogens is 4. The normalized spacial score (nSPS) is 11.0. The smallest absolute Gasteiger partial charge is 0.254 e. The van der Waals surface area contributed by atoms with Crippen LogP contribution in [0.25, 0.3) is 28.1 Å². The van der Waals surface area contributed by atoms with E-state index in [0.717, 1.165) is 16.5 Å². The number of rotatable bonds is 3. The third-order valence-corrected chi connectivity index (χ3v) is 4.15. The van der Waals surface area contributed by atoms with E-state index in [4.69, 9.17) is 5.73 Å². The van der Waals surface area contributed by atoms with E-state index in [9.17, 15) is 9.18 Å². The van der Waals surface area contributed by atoms with Gasteiger partial charge in [0, 0.05) is 35.7 Å². The molecule has 0 atom stereocenters. The lowest BCUT2D eigenvalue weighted by atomic mass is 10.2. The molecule has 0 unspecified atom stereocenters. The molecule has 4 aromatic rings. The number of nitrogens with two attached hydrogens (primary N) is 1. The van der Waals surface area contributed by atoms with Crippen molar-refractivity contribution in [3.63, 3.8) is 0 Å². The van der Waals surface area contributed by atoms with Gasteiger partial charge in [-0.15, -0.1) is 0 Å². The molecule has 7 heteroatoms. The molecular weight excluding hydrogens is 333 g/mol. The van der Waals surface area contributed by atoms with E-state index in [-0.39, 0.29) is 11.4 Å². The van der Waals surface area contributed by atoms with Gasteiger partial charge in [0.2, 0.25) is 0 Å². The zero-order valence-electron chi connectivity index (χ0n) is 13.8. The molecule has 0 radical (unpaired) electrons. The summed E-state index contributed by atoms with van der Waals surface area (Å²) in [6, 6.07) is 8.07. The summed E-state index contributed by atoms with van der Waals surface area (Å²) in [6.45, 7) is 1.87. The van der Waals surface area contributed by atoms with Crippen molar-refractivity contribution >= 4 is 16.8 Å². The van der Waals surface area contributed by atoms with Crippen LogP contribution in [0.15, 0.2) is 55.1 Å². The lowest BCUT2D eigenvalue weighted by Crippen LogP contribution is -2.17. The lowest BCUT2D eigenvalue weighted by Gasteiger charge is -2.10. The van der Waals surface area contributed by atoms with Crippen molar-refractivity contribution in [1.82, 2.24) is 19.5 Å².